The van der Waals surface area contributed by atoms with Gasteiger partial charge in [0, 0.05) is 17.1 Å². The van der Waals surface area contributed by atoms with Crippen LogP contribution in [0.5, 0.6) is 0 Å². The normalized spacial score (nSPS) is 11.8. The van der Waals surface area contributed by atoms with Crippen LogP contribution in [0.1, 0.15) is 0 Å². The molecule has 7 heteroatoms. The minimum Gasteiger partial charge on any atom is -0.311 e. The number of anilines is 3. The summed E-state index contributed by atoms with van der Waals surface area (Å²) in [5.41, 5.74) is 20.5. The van der Waals surface area contributed by atoms with Crippen LogP contribution in [0.15, 0.2) is 249 Å². The van der Waals surface area contributed by atoms with Crippen LogP contribution in [0, 0.1) is 0 Å². The lowest BCUT2D eigenvalue weighted by Crippen LogP contribution is -2.09. The van der Waals surface area contributed by atoms with E-state index in [1.54, 1.807) is 0 Å². The minimum absolute atomic E-state index is 0.858. The molecule has 0 spiro atoms. The Morgan fingerprint density at radius 2 is 0.580 bits per heavy atom. The molecule has 4 heterocycles. The molecule has 0 aliphatic carbocycles. The van der Waals surface area contributed by atoms with E-state index in [-0.39, 0.29) is 0 Å². The van der Waals surface area contributed by atoms with Crippen molar-refractivity contribution in [2.45, 2.75) is 0 Å². The van der Waals surface area contributed by atoms with Gasteiger partial charge in [-0.3, -0.25) is 17.9 Å². The zero-order chi connectivity index (χ0) is 45.4. The third-order valence-corrected chi connectivity index (χ3v) is 13.6. The third kappa shape index (κ3) is 6.29. The van der Waals surface area contributed by atoms with Crippen molar-refractivity contribution in [3.63, 3.8) is 0 Å². The van der Waals surface area contributed by atoms with Crippen molar-refractivity contribution in [2.75, 3.05) is 4.90 Å². The van der Waals surface area contributed by atoms with E-state index in [0.717, 1.165) is 95.3 Å². The van der Waals surface area contributed by atoms with Crippen molar-refractivity contribution in [1.82, 2.24) is 27.9 Å². The van der Waals surface area contributed by atoms with Crippen LogP contribution in [-0.2, 0) is 0 Å². The van der Waals surface area contributed by atoms with Gasteiger partial charge in [-0.15, -0.1) is 0 Å². The number of hydrogen-bond acceptors (Lipinski definition) is 3. The Bertz CT molecular complexity index is 3970. The molecule has 14 rings (SSSR count). The quantitative estimate of drug-likeness (QED) is 0.153. The molecule has 0 saturated heterocycles. The molecule has 0 bridgehead atoms. The summed E-state index contributed by atoms with van der Waals surface area (Å²) in [6.07, 6.45) is 0. The molecular weight excluding hydrogens is 843 g/mol. The number of aromatic nitrogens is 6. The van der Waals surface area contributed by atoms with E-state index < -0.39 is 0 Å². The van der Waals surface area contributed by atoms with Gasteiger partial charge in [-0.2, -0.15) is 0 Å². The fraction of sp³-hybridized carbons (Fsp3) is 0. The zero-order valence-electron chi connectivity index (χ0n) is 37.3. The van der Waals surface area contributed by atoms with E-state index in [0.29, 0.717) is 0 Å². The largest absolute Gasteiger partial charge is 0.311 e. The Labute approximate surface area is 397 Å². The zero-order valence-corrected chi connectivity index (χ0v) is 37.3. The molecule has 0 fully saturated rings. The molecule has 0 aliphatic rings. The molecule has 0 atom stereocenters. The predicted octanol–water partition coefficient (Wildman–Crippen LogP) is 15.6. The molecule has 0 unspecified atom stereocenters. The predicted molar refractivity (Wildman–Crippen MR) is 284 cm³/mol. The summed E-state index contributed by atoms with van der Waals surface area (Å²) < 4.78 is 9.18. The number of para-hydroxylation sites is 8. The number of rotatable bonds is 8. The third-order valence-electron chi connectivity index (χ3n) is 13.6. The molecule has 0 amide bonds. The summed E-state index contributed by atoms with van der Waals surface area (Å²) in [5.74, 6) is 1.72. The van der Waals surface area contributed by atoms with Gasteiger partial charge >= 0.3 is 0 Å². The van der Waals surface area contributed by atoms with E-state index in [1.807, 2.05) is 0 Å². The SMILES string of the molecule is c1ccc(-c2ccc(N(c3ccc(-c4ccccc4)cc3)c3ccc(-c4cc(-n5c6ccccc6n6c7ccccc7nc56)cc(-n5c6ccccc6n6c7ccccc7nc56)c4)cc3)cc2)cc1. The van der Waals surface area contributed by atoms with Gasteiger partial charge in [0.15, 0.2) is 0 Å². The fourth-order valence-electron chi connectivity index (χ4n) is 10.3. The number of fused-ring (bicyclic) bond motifs is 10. The molecule has 0 N–H and O–H groups in total. The van der Waals surface area contributed by atoms with Crippen LogP contribution in [0.25, 0.3) is 100 Å². The van der Waals surface area contributed by atoms with Crippen molar-refractivity contribution in [1.29, 1.82) is 0 Å². The monoisotopic (exact) mass is 883 g/mol. The van der Waals surface area contributed by atoms with Crippen molar-refractivity contribution in [2.24, 2.45) is 0 Å². The van der Waals surface area contributed by atoms with Crippen LogP contribution in [0.3, 0.4) is 0 Å². The van der Waals surface area contributed by atoms with Crippen molar-refractivity contribution >= 4 is 72.8 Å². The molecule has 10 aromatic carbocycles. The second kappa shape index (κ2) is 15.6. The second-order valence-electron chi connectivity index (χ2n) is 17.6. The molecule has 0 aliphatic heterocycles. The van der Waals surface area contributed by atoms with Crippen LogP contribution in [0.2, 0.25) is 0 Å². The lowest BCUT2D eigenvalue weighted by atomic mass is 10.0. The van der Waals surface area contributed by atoms with E-state index >= 15 is 0 Å². The first-order valence-corrected chi connectivity index (χ1v) is 23.3. The highest BCUT2D eigenvalue weighted by atomic mass is 15.2. The Balaban J connectivity index is 0.958. The van der Waals surface area contributed by atoms with Gasteiger partial charge in [0.2, 0.25) is 11.6 Å². The molecule has 4 aromatic heterocycles. The highest BCUT2D eigenvalue weighted by Gasteiger charge is 2.22. The van der Waals surface area contributed by atoms with Gasteiger partial charge < -0.3 is 4.90 Å². The summed E-state index contributed by atoms with van der Waals surface area (Å²) in [6, 6.07) is 88.7. The summed E-state index contributed by atoms with van der Waals surface area (Å²) in [5, 5.41) is 0. The molecule has 14 aromatic rings. The molecule has 7 nitrogen and oxygen atoms in total. The number of imidazole rings is 4. The minimum atomic E-state index is 0.858. The maximum atomic E-state index is 5.28. The summed E-state index contributed by atoms with van der Waals surface area (Å²) in [7, 11) is 0. The maximum absolute atomic E-state index is 5.28. The first kappa shape index (κ1) is 38.8. The van der Waals surface area contributed by atoms with E-state index in [9.17, 15) is 0 Å². The maximum Gasteiger partial charge on any atom is 0.220 e. The Kier molecular flexibility index (Phi) is 8.75. The Hall–Kier alpha value is -9.46. The standard InChI is InChI=1S/C62H41N7/c1-3-15-42(16-4-1)44-27-33-48(34-28-44)65(49-35-29-45(30-36-49)43-17-5-2-6-18-43)50-37-31-46(32-38-50)47-39-51(66-57-23-11-13-25-59(57)68-55-21-9-7-19-53(55)63-61(66)68)41-52(40-47)67-58-24-12-14-26-60(58)69-56-22-10-8-20-54(56)64-62(67)69/h1-41H. The van der Waals surface area contributed by atoms with Gasteiger partial charge in [-0.25, -0.2) is 9.97 Å². The molecule has 0 radical (unpaired) electrons. The lowest BCUT2D eigenvalue weighted by Gasteiger charge is -2.26. The summed E-state index contributed by atoms with van der Waals surface area (Å²) in [6.45, 7) is 0. The smallest absolute Gasteiger partial charge is 0.220 e. The molecule has 0 saturated carbocycles. The van der Waals surface area contributed by atoms with Crippen LogP contribution >= 0.6 is 0 Å². The van der Waals surface area contributed by atoms with Crippen LogP contribution < -0.4 is 4.90 Å². The number of benzene rings is 10. The highest BCUT2D eigenvalue weighted by Crippen LogP contribution is 2.40. The molecular formula is C62H41N7. The van der Waals surface area contributed by atoms with E-state index in [4.69, 9.17) is 9.97 Å². The van der Waals surface area contributed by atoms with Crippen molar-refractivity contribution in [3.8, 4) is 44.8 Å². The number of nitrogens with zero attached hydrogens (tertiary/aromatic N) is 7. The average Bonchev–Trinajstić information content (AvgIpc) is 4.16. The highest BCUT2D eigenvalue weighted by molar-refractivity contribution is 5.95. The molecule has 324 valence electrons. The fourth-order valence-corrected chi connectivity index (χ4v) is 10.3. The van der Waals surface area contributed by atoms with Crippen LogP contribution in [0.4, 0.5) is 17.1 Å². The van der Waals surface area contributed by atoms with Gasteiger partial charge in [-0.1, -0.05) is 146 Å². The lowest BCUT2D eigenvalue weighted by molar-refractivity contribution is 1.08. The Morgan fingerprint density at radius 3 is 0.986 bits per heavy atom. The first-order valence-electron chi connectivity index (χ1n) is 23.3. The van der Waals surface area contributed by atoms with E-state index in [1.165, 1.54) is 22.3 Å². The Morgan fingerprint density at radius 1 is 0.261 bits per heavy atom. The van der Waals surface area contributed by atoms with Gasteiger partial charge in [-0.05, 0) is 137 Å². The summed E-state index contributed by atoms with van der Waals surface area (Å²) in [4.78, 5) is 12.9. The number of hydrogen-bond donors (Lipinski definition) is 0. The topological polar surface area (TPSA) is 47.7 Å². The van der Waals surface area contributed by atoms with E-state index in [2.05, 4.69) is 272 Å². The first-order chi connectivity index (χ1) is 34.2. The van der Waals surface area contributed by atoms with Gasteiger partial charge in [0.1, 0.15) is 0 Å². The van der Waals surface area contributed by atoms with Crippen molar-refractivity contribution in [3.05, 3.63) is 249 Å². The molecule has 69 heavy (non-hydrogen) atoms. The second-order valence-corrected chi connectivity index (χ2v) is 17.6. The van der Waals surface area contributed by atoms with Crippen LogP contribution in [-0.4, -0.2) is 27.9 Å². The van der Waals surface area contributed by atoms with Gasteiger partial charge in [0.05, 0.1) is 55.5 Å². The van der Waals surface area contributed by atoms with Crippen molar-refractivity contribution < 1.29 is 0 Å². The average molecular weight is 884 g/mol. The van der Waals surface area contributed by atoms with Gasteiger partial charge in [0.25, 0.3) is 0 Å². The summed E-state index contributed by atoms with van der Waals surface area (Å²) >= 11 is 0.